The number of carbonyl (C=O) groups excluding carboxylic acids is 1. The van der Waals surface area contributed by atoms with E-state index >= 15 is 0 Å². The molecule has 0 aromatic heterocycles. The molecular weight excluding hydrogens is 407 g/mol. The van der Waals surface area contributed by atoms with E-state index in [1.807, 2.05) is 24.3 Å². The number of anilines is 1. The molecule has 0 aliphatic rings. The normalized spacial score (nSPS) is 11.2. The van der Waals surface area contributed by atoms with Crippen molar-refractivity contribution in [1.82, 2.24) is 5.32 Å². The number of benzene rings is 2. The lowest BCUT2D eigenvalue weighted by atomic mass is 10.1. The van der Waals surface area contributed by atoms with Crippen LogP contribution < -0.4 is 9.62 Å². The lowest BCUT2D eigenvalue weighted by Gasteiger charge is -2.23. The molecule has 0 fully saturated rings. The third-order valence-corrected chi connectivity index (χ3v) is 5.69. The van der Waals surface area contributed by atoms with Gasteiger partial charge in [-0.05, 0) is 42.7 Å². The van der Waals surface area contributed by atoms with Crippen molar-refractivity contribution < 1.29 is 13.2 Å². The van der Waals surface area contributed by atoms with Crippen LogP contribution >= 0.6 is 23.2 Å². The van der Waals surface area contributed by atoms with Crippen LogP contribution in [0.3, 0.4) is 0 Å². The maximum atomic E-state index is 12.1. The zero-order valence-corrected chi connectivity index (χ0v) is 17.3. The fraction of sp³-hybridized carbons (Fsp3) is 0.316. The summed E-state index contributed by atoms with van der Waals surface area (Å²) >= 11 is 11.9. The predicted molar refractivity (Wildman–Crippen MR) is 111 cm³/mol. The first kappa shape index (κ1) is 21.5. The monoisotopic (exact) mass is 428 g/mol. The van der Waals surface area contributed by atoms with Crippen molar-refractivity contribution in [3.8, 4) is 0 Å². The van der Waals surface area contributed by atoms with Crippen LogP contribution in [0.15, 0.2) is 48.5 Å². The number of nitrogens with zero attached hydrogens (tertiary/aromatic N) is 1. The van der Waals surface area contributed by atoms with Crippen LogP contribution in [0.25, 0.3) is 0 Å². The Morgan fingerprint density at radius 2 is 1.74 bits per heavy atom. The van der Waals surface area contributed by atoms with E-state index in [0.29, 0.717) is 35.1 Å². The highest BCUT2D eigenvalue weighted by molar-refractivity contribution is 7.92. The summed E-state index contributed by atoms with van der Waals surface area (Å²) in [6.45, 7) is 0.702. The third-order valence-electron chi connectivity index (χ3n) is 3.94. The molecule has 0 spiro atoms. The molecule has 5 nitrogen and oxygen atoms in total. The zero-order valence-electron chi connectivity index (χ0n) is 15.0. The molecule has 27 heavy (non-hydrogen) atoms. The number of hydrogen-bond donors (Lipinski definition) is 1. The molecule has 0 saturated heterocycles. The van der Waals surface area contributed by atoms with Crippen molar-refractivity contribution in [2.45, 2.75) is 19.3 Å². The lowest BCUT2D eigenvalue weighted by Crippen LogP contribution is -2.32. The summed E-state index contributed by atoms with van der Waals surface area (Å²) in [5, 5.41) is 3.88. The van der Waals surface area contributed by atoms with Gasteiger partial charge in [-0.2, -0.15) is 0 Å². The SMILES string of the molecule is CS(=O)(=O)N(CCCC(=O)NCCc1ccc(Cl)cc1)c1ccccc1Cl. The van der Waals surface area contributed by atoms with Gasteiger partial charge < -0.3 is 5.32 Å². The molecule has 2 aromatic rings. The minimum atomic E-state index is -3.49. The molecule has 146 valence electrons. The molecule has 0 saturated carbocycles. The molecule has 0 aliphatic heterocycles. The Morgan fingerprint density at radius 1 is 1.07 bits per heavy atom. The summed E-state index contributed by atoms with van der Waals surface area (Å²) in [4.78, 5) is 12.0. The van der Waals surface area contributed by atoms with Gasteiger partial charge in [0.1, 0.15) is 0 Å². The average molecular weight is 429 g/mol. The topological polar surface area (TPSA) is 66.5 Å². The fourth-order valence-electron chi connectivity index (χ4n) is 2.59. The predicted octanol–water partition coefficient (Wildman–Crippen LogP) is 3.90. The minimum Gasteiger partial charge on any atom is -0.356 e. The number of sulfonamides is 1. The minimum absolute atomic E-state index is 0.114. The number of carbonyl (C=O) groups is 1. The van der Waals surface area contributed by atoms with Gasteiger partial charge >= 0.3 is 0 Å². The van der Waals surface area contributed by atoms with E-state index in [1.54, 1.807) is 24.3 Å². The second-order valence-corrected chi connectivity index (χ2v) is 8.87. The highest BCUT2D eigenvalue weighted by atomic mass is 35.5. The van der Waals surface area contributed by atoms with Gasteiger partial charge in [0.25, 0.3) is 0 Å². The highest BCUT2D eigenvalue weighted by Gasteiger charge is 2.19. The first-order chi connectivity index (χ1) is 12.8. The molecule has 1 N–H and O–H groups in total. The van der Waals surface area contributed by atoms with Gasteiger partial charge in [-0.1, -0.05) is 47.5 Å². The third kappa shape index (κ3) is 7.05. The summed E-state index contributed by atoms with van der Waals surface area (Å²) in [6, 6.07) is 14.2. The molecule has 0 unspecified atom stereocenters. The molecule has 0 atom stereocenters. The standard InChI is InChI=1S/C19H22Cl2N2O3S/c1-27(25,26)23(18-6-3-2-5-17(18)21)14-4-7-19(24)22-13-12-15-8-10-16(20)11-9-15/h2-3,5-6,8-11H,4,7,12-14H2,1H3,(H,22,24). The smallest absolute Gasteiger partial charge is 0.232 e. The van der Waals surface area contributed by atoms with E-state index in [0.717, 1.165) is 11.8 Å². The van der Waals surface area contributed by atoms with Crippen molar-refractivity contribution in [3.63, 3.8) is 0 Å². The Hall–Kier alpha value is -1.76. The fourth-order valence-corrected chi connectivity index (χ4v) is 3.98. The zero-order chi connectivity index (χ0) is 19.9. The Bertz CT molecular complexity index is 871. The highest BCUT2D eigenvalue weighted by Crippen LogP contribution is 2.27. The first-order valence-corrected chi connectivity index (χ1v) is 11.1. The number of nitrogens with one attached hydrogen (secondary N) is 1. The van der Waals surface area contributed by atoms with E-state index in [4.69, 9.17) is 23.2 Å². The Kier molecular flexibility index (Phi) is 7.95. The summed E-state index contributed by atoms with van der Waals surface area (Å²) in [7, 11) is -3.49. The number of amides is 1. The number of para-hydroxylation sites is 1. The average Bonchev–Trinajstić information content (AvgIpc) is 2.60. The van der Waals surface area contributed by atoms with Gasteiger partial charge in [-0.25, -0.2) is 8.42 Å². The van der Waals surface area contributed by atoms with Gasteiger partial charge in [-0.15, -0.1) is 0 Å². The van der Waals surface area contributed by atoms with Gasteiger partial charge in [0.2, 0.25) is 15.9 Å². The van der Waals surface area contributed by atoms with Crippen molar-refractivity contribution in [2.75, 3.05) is 23.7 Å². The second-order valence-electron chi connectivity index (χ2n) is 6.12. The molecule has 2 rings (SSSR count). The van der Waals surface area contributed by atoms with Crippen molar-refractivity contribution in [2.24, 2.45) is 0 Å². The van der Waals surface area contributed by atoms with E-state index in [2.05, 4.69) is 5.32 Å². The first-order valence-electron chi connectivity index (χ1n) is 8.51. The van der Waals surface area contributed by atoms with Crippen molar-refractivity contribution in [1.29, 1.82) is 0 Å². The van der Waals surface area contributed by atoms with Crippen LogP contribution in [0.4, 0.5) is 5.69 Å². The van der Waals surface area contributed by atoms with Gasteiger partial charge in [-0.3, -0.25) is 9.10 Å². The summed E-state index contributed by atoms with van der Waals surface area (Å²) in [5.41, 5.74) is 1.51. The van der Waals surface area contributed by atoms with E-state index < -0.39 is 10.0 Å². The maximum absolute atomic E-state index is 12.1. The van der Waals surface area contributed by atoms with Gasteiger partial charge in [0, 0.05) is 24.5 Å². The Balaban J connectivity index is 1.81. The molecule has 0 radical (unpaired) electrons. The largest absolute Gasteiger partial charge is 0.356 e. The van der Waals surface area contributed by atoms with Gasteiger partial charge in [0.15, 0.2) is 0 Å². The molecule has 8 heteroatoms. The van der Waals surface area contributed by atoms with Crippen LogP contribution in [-0.2, 0) is 21.2 Å². The van der Waals surface area contributed by atoms with Crippen LogP contribution in [0.5, 0.6) is 0 Å². The van der Waals surface area contributed by atoms with E-state index in [1.165, 1.54) is 4.31 Å². The lowest BCUT2D eigenvalue weighted by molar-refractivity contribution is -0.121. The summed E-state index contributed by atoms with van der Waals surface area (Å²) < 4.78 is 25.4. The van der Waals surface area contributed by atoms with Crippen LogP contribution in [0.1, 0.15) is 18.4 Å². The van der Waals surface area contributed by atoms with Crippen molar-refractivity contribution >= 4 is 44.8 Å². The second kappa shape index (κ2) is 9.97. The van der Waals surface area contributed by atoms with Crippen molar-refractivity contribution in [3.05, 3.63) is 64.1 Å². The molecule has 2 aromatic carbocycles. The van der Waals surface area contributed by atoms with Crippen LogP contribution in [0, 0.1) is 0 Å². The maximum Gasteiger partial charge on any atom is 0.232 e. The molecule has 0 aliphatic carbocycles. The summed E-state index contributed by atoms with van der Waals surface area (Å²) in [6.07, 6.45) is 2.46. The van der Waals surface area contributed by atoms with E-state index in [9.17, 15) is 13.2 Å². The molecule has 0 bridgehead atoms. The quantitative estimate of drug-likeness (QED) is 0.658. The number of rotatable bonds is 9. The molecular formula is C19H22Cl2N2O3S. The number of halogens is 2. The Labute approximate surface area is 170 Å². The number of hydrogen-bond acceptors (Lipinski definition) is 3. The van der Waals surface area contributed by atoms with Crippen LogP contribution in [-0.4, -0.2) is 33.7 Å². The molecule has 0 heterocycles. The van der Waals surface area contributed by atoms with E-state index in [-0.39, 0.29) is 18.9 Å². The molecule has 1 amide bonds. The Morgan fingerprint density at radius 3 is 2.37 bits per heavy atom. The van der Waals surface area contributed by atoms with Crippen LogP contribution in [0.2, 0.25) is 10.0 Å². The van der Waals surface area contributed by atoms with Gasteiger partial charge in [0.05, 0.1) is 17.0 Å². The summed E-state index contributed by atoms with van der Waals surface area (Å²) in [5.74, 6) is -0.114.